The molecule has 1 aliphatic heterocycles. The highest BCUT2D eigenvalue weighted by Gasteiger charge is 2.30. The number of carbonyl (C=O) groups is 1. The number of aliphatic hydroxyl groups excluding tert-OH is 1. The maximum atomic E-state index is 12.6. The molecule has 0 aliphatic carbocycles. The molecule has 1 fully saturated rings. The number of aromatic amines is 3. The van der Waals surface area contributed by atoms with Gasteiger partial charge in [0.1, 0.15) is 10.6 Å². The van der Waals surface area contributed by atoms with E-state index in [1.54, 1.807) is 4.90 Å². The van der Waals surface area contributed by atoms with Crippen molar-refractivity contribution in [3.63, 3.8) is 0 Å². The Balaban J connectivity index is 1.68. The Morgan fingerprint density at radius 3 is 2.85 bits per heavy atom. The predicted molar refractivity (Wildman–Crippen MR) is 92.3 cm³/mol. The summed E-state index contributed by atoms with van der Waals surface area (Å²) < 4.78 is 26.5. The molecule has 142 valence electrons. The molecule has 0 saturated carbocycles. The van der Waals surface area contributed by atoms with E-state index in [-0.39, 0.29) is 34.5 Å². The van der Waals surface area contributed by atoms with Gasteiger partial charge in [-0.25, -0.2) is 13.1 Å². The largest absolute Gasteiger partial charge is 0.392 e. The van der Waals surface area contributed by atoms with E-state index in [4.69, 9.17) is 0 Å². The van der Waals surface area contributed by atoms with Gasteiger partial charge in [0.2, 0.25) is 10.0 Å². The van der Waals surface area contributed by atoms with Crippen molar-refractivity contribution >= 4 is 15.9 Å². The molecular weight excluding hydrogens is 362 g/mol. The Morgan fingerprint density at radius 1 is 1.42 bits per heavy atom. The number of likely N-dealkylation sites (tertiary alicyclic amines) is 1. The second kappa shape index (κ2) is 7.09. The van der Waals surface area contributed by atoms with Crippen molar-refractivity contribution in [3.8, 4) is 0 Å². The lowest BCUT2D eigenvalue weighted by atomic mass is 10.1. The average molecular weight is 383 g/mol. The molecule has 1 amide bonds. The Kier molecular flexibility index (Phi) is 5.03. The van der Waals surface area contributed by atoms with Crippen molar-refractivity contribution in [2.24, 2.45) is 0 Å². The summed E-state index contributed by atoms with van der Waals surface area (Å²) in [5.41, 5.74) is 0.710. The molecule has 2 aromatic rings. The van der Waals surface area contributed by atoms with Crippen LogP contribution in [0.2, 0.25) is 0 Å². The number of amides is 1. The zero-order valence-electron chi connectivity index (χ0n) is 14.2. The maximum absolute atomic E-state index is 12.6. The Hall–Kier alpha value is -2.37. The van der Waals surface area contributed by atoms with Gasteiger partial charge < -0.3 is 20.1 Å². The van der Waals surface area contributed by atoms with Gasteiger partial charge in [-0.15, -0.1) is 0 Å². The lowest BCUT2D eigenvalue weighted by molar-refractivity contribution is 0.0785. The third-order valence-corrected chi connectivity index (χ3v) is 5.70. The lowest BCUT2D eigenvalue weighted by Crippen LogP contribution is -2.30. The number of aromatic nitrogens is 3. The number of H-pyrrole nitrogens is 3. The van der Waals surface area contributed by atoms with Gasteiger partial charge >= 0.3 is 0 Å². The normalized spacial score (nSPS) is 19.0. The standard InChI is InChI=1S/C15H21N5O5S/c1-9(21)6-17-26(24,25)11-4-13(16-7-11)15(23)20-3-2-10(8-20)12-5-14(22)19-18-12/h4-5,7,9-10,16-17,21H,2-3,6,8H2,1H3,(H2,18,19,22). The van der Waals surface area contributed by atoms with Crippen LogP contribution >= 0.6 is 0 Å². The minimum Gasteiger partial charge on any atom is -0.392 e. The van der Waals surface area contributed by atoms with E-state index in [1.807, 2.05) is 0 Å². The van der Waals surface area contributed by atoms with E-state index >= 15 is 0 Å². The first kappa shape index (κ1) is 18.4. The van der Waals surface area contributed by atoms with E-state index in [0.717, 1.165) is 5.69 Å². The predicted octanol–water partition coefficient (Wildman–Crippen LogP) is -0.680. The molecule has 3 rings (SSSR count). The molecule has 2 aromatic heterocycles. The van der Waals surface area contributed by atoms with Gasteiger partial charge in [-0.3, -0.25) is 14.7 Å². The van der Waals surface area contributed by atoms with Gasteiger partial charge in [0, 0.05) is 43.5 Å². The highest BCUT2D eigenvalue weighted by molar-refractivity contribution is 7.89. The van der Waals surface area contributed by atoms with Crippen LogP contribution in [0.25, 0.3) is 0 Å². The van der Waals surface area contributed by atoms with Crippen molar-refractivity contribution in [3.05, 3.63) is 40.1 Å². The Bertz CT molecular complexity index is 942. The minimum absolute atomic E-state index is 0.0313. The fourth-order valence-corrected chi connectivity index (χ4v) is 4.02. The number of hydrogen-bond donors (Lipinski definition) is 5. The van der Waals surface area contributed by atoms with Crippen molar-refractivity contribution in [1.29, 1.82) is 0 Å². The summed E-state index contributed by atoms with van der Waals surface area (Å²) in [5.74, 6) is -0.272. The van der Waals surface area contributed by atoms with E-state index < -0.39 is 16.1 Å². The van der Waals surface area contributed by atoms with Gasteiger partial charge in [-0.1, -0.05) is 0 Å². The summed E-state index contributed by atoms with van der Waals surface area (Å²) in [4.78, 5) is 28.1. The third kappa shape index (κ3) is 3.89. The molecule has 5 N–H and O–H groups in total. The second-order valence-corrected chi connectivity index (χ2v) is 8.17. The van der Waals surface area contributed by atoms with Gasteiger partial charge in [0.15, 0.2) is 0 Å². The number of carbonyl (C=O) groups excluding carboxylic acids is 1. The number of sulfonamides is 1. The van der Waals surface area contributed by atoms with E-state index in [1.165, 1.54) is 25.3 Å². The van der Waals surface area contributed by atoms with Crippen LogP contribution in [-0.4, -0.2) is 65.3 Å². The first-order valence-electron chi connectivity index (χ1n) is 8.19. The molecule has 11 heteroatoms. The molecule has 0 aromatic carbocycles. The number of aliphatic hydroxyl groups is 1. The summed E-state index contributed by atoms with van der Waals surface area (Å²) in [6.45, 7) is 2.31. The van der Waals surface area contributed by atoms with Crippen LogP contribution in [0.1, 0.15) is 35.4 Å². The maximum Gasteiger partial charge on any atom is 0.270 e. The SMILES string of the molecule is CC(O)CNS(=O)(=O)c1c[nH]c(C(=O)N2CCC(c3cc(=O)[nH][nH]3)C2)c1. The number of hydrogen-bond acceptors (Lipinski definition) is 5. The summed E-state index contributed by atoms with van der Waals surface area (Å²) >= 11 is 0. The van der Waals surface area contributed by atoms with Crippen LogP contribution in [-0.2, 0) is 10.0 Å². The first-order chi connectivity index (χ1) is 12.3. The average Bonchev–Trinajstić information content (AvgIpc) is 3.32. The topological polar surface area (TPSA) is 151 Å². The quantitative estimate of drug-likeness (QED) is 0.448. The molecule has 0 radical (unpaired) electrons. The molecule has 26 heavy (non-hydrogen) atoms. The molecule has 3 heterocycles. The number of nitrogens with zero attached hydrogens (tertiary/aromatic N) is 1. The molecule has 2 unspecified atom stereocenters. The van der Waals surface area contributed by atoms with Gasteiger partial charge in [0.25, 0.3) is 11.5 Å². The van der Waals surface area contributed by atoms with Crippen LogP contribution in [0.15, 0.2) is 28.0 Å². The van der Waals surface area contributed by atoms with Crippen LogP contribution in [0.3, 0.4) is 0 Å². The van der Waals surface area contributed by atoms with Crippen molar-refractivity contribution in [1.82, 2.24) is 24.8 Å². The van der Waals surface area contributed by atoms with Gasteiger partial charge in [0.05, 0.1) is 6.10 Å². The summed E-state index contributed by atoms with van der Waals surface area (Å²) in [6, 6.07) is 2.75. The van der Waals surface area contributed by atoms with Crippen LogP contribution < -0.4 is 10.3 Å². The Morgan fingerprint density at radius 2 is 2.19 bits per heavy atom. The molecule has 10 nitrogen and oxygen atoms in total. The second-order valence-electron chi connectivity index (χ2n) is 6.40. The highest BCUT2D eigenvalue weighted by Crippen LogP contribution is 2.26. The summed E-state index contributed by atoms with van der Waals surface area (Å²) in [6.07, 6.45) is 1.14. The monoisotopic (exact) mass is 383 g/mol. The van der Waals surface area contributed by atoms with Gasteiger partial charge in [-0.05, 0) is 19.4 Å². The van der Waals surface area contributed by atoms with Crippen molar-refractivity contribution in [2.45, 2.75) is 30.3 Å². The summed E-state index contributed by atoms with van der Waals surface area (Å²) in [5, 5.41) is 14.5. The minimum atomic E-state index is -3.80. The smallest absolute Gasteiger partial charge is 0.270 e. The van der Waals surface area contributed by atoms with Crippen molar-refractivity contribution < 1.29 is 18.3 Å². The highest BCUT2D eigenvalue weighted by atomic mass is 32.2. The Labute approximate surface area is 149 Å². The molecule has 2 atom stereocenters. The molecule has 0 bridgehead atoms. The molecule has 0 spiro atoms. The first-order valence-corrected chi connectivity index (χ1v) is 9.67. The fourth-order valence-electron chi connectivity index (χ4n) is 2.90. The summed E-state index contributed by atoms with van der Waals surface area (Å²) in [7, 11) is -3.80. The molecular formula is C15H21N5O5S. The van der Waals surface area contributed by atoms with Gasteiger partial charge in [-0.2, -0.15) is 0 Å². The number of rotatable bonds is 6. The van der Waals surface area contributed by atoms with Crippen LogP contribution in [0.4, 0.5) is 0 Å². The number of nitrogens with one attached hydrogen (secondary N) is 4. The van der Waals surface area contributed by atoms with E-state index in [9.17, 15) is 23.1 Å². The molecule has 1 aliphatic rings. The van der Waals surface area contributed by atoms with E-state index in [0.29, 0.717) is 19.5 Å². The van der Waals surface area contributed by atoms with E-state index in [2.05, 4.69) is 19.9 Å². The third-order valence-electron chi connectivity index (χ3n) is 4.30. The van der Waals surface area contributed by atoms with Crippen molar-refractivity contribution in [2.75, 3.05) is 19.6 Å². The zero-order valence-corrected chi connectivity index (χ0v) is 15.0. The lowest BCUT2D eigenvalue weighted by Gasteiger charge is -2.15. The zero-order chi connectivity index (χ0) is 18.9. The van der Waals surface area contributed by atoms with Crippen LogP contribution in [0.5, 0.6) is 0 Å². The van der Waals surface area contributed by atoms with Crippen LogP contribution in [0, 0.1) is 0 Å². The molecule has 1 saturated heterocycles. The fraction of sp³-hybridized carbons (Fsp3) is 0.467.